The lowest BCUT2D eigenvalue weighted by molar-refractivity contribution is -0.384. The Morgan fingerprint density at radius 3 is 2.08 bits per heavy atom. The van der Waals surface area contributed by atoms with E-state index >= 15 is 0 Å². The van der Waals surface area contributed by atoms with Gasteiger partial charge in [0.05, 0.1) is 27.0 Å². The van der Waals surface area contributed by atoms with Gasteiger partial charge in [-0.05, 0) is 38.1 Å². The molecule has 4 radical (unpaired) electrons. The maximum absolute atomic E-state index is 12.5. The van der Waals surface area contributed by atoms with Gasteiger partial charge in [-0.15, -0.1) is 0 Å². The van der Waals surface area contributed by atoms with Gasteiger partial charge in [0.2, 0.25) is 15.7 Å². The van der Waals surface area contributed by atoms with E-state index in [1.165, 1.54) is 60.8 Å². The summed E-state index contributed by atoms with van der Waals surface area (Å²) in [6, 6.07) is 12.9. The van der Waals surface area contributed by atoms with Gasteiger partial charge in [-0.3, -0.25) is 24.6 Å². The summed E-state index contributed by atoms with van der Waals surface area (Å²) in [6.07, 6.45) is 1.25. The number of aromatic nitrogens is 3. The van der Waals surface area contributed by atoms with Crippen LogP contribution in [-0.4, -0.2) is 61.0 Å². The predicted octanol–water partition coefficient (Wildman–Crippen LogP) is 3.94. The molecule has 2 aromatic carbocycles. The van der Waals surface area contributed by atoms with Crippen molar-refractivity contribution < 1.29 is 27.5 Å². The lowest BCUT2D eigenvalue weighted by atomic mass is 10.0. The van der Waals surface area contributed by atoms with Crippen LogP contribution in [0.5, 0.6) is 0 Å². The fourth-order valence-corrected chi connectivity index (χ4v) is 4.59. The first-order valence-corrected chi connectivity index (χ1v) is 12.8. The van der Waals surface area contributed by atoms with Gasteiger partial charge < -0.3 is 4.52 Å². The lowest BCUT2D eigenvalue weighted by Gasteiger charge is -2.19. The summed E-state index contributed by atoms with van der Waals surface area (Å²) in [5.74, 6) is -2.79. The fourth-order valence-electron chi connectivity index (χ4n) is 3.53. The van der Waals surface area contributed by atoms with E-state index in [2.05, 4.69) is 15.1 Å². The van der Waals surface area contributed by atoms with Crippen molar-refractivity contribution in [3.63, 3.8) is 0 Å². The van der Waals surface area contributed by atoms with Crippen LogP contribution in [0.3, 0.4) is 0 Å². The van der Waals surface area contributed by atoms with Crippen LogP contribution < -0.4 is 4.90 Å². The van der Waals surface area contributed by atoms with Gasteiger partial charge in [0.25, 0.3) is 5.69 Å². The quantitative estimate of drug-likeness (QED) is 0.190. The fraction of sp³-hybridized carbons (Fsp3) is 0.125. The molecular formula is C24H17B2N5O7S. The number of carbonyl (C=O) groups excluding carboxylic acids is 2. The summed E-state index contributed by atoms with van der Waals surface area (Å²) in [6.45, 7) is 3.15. The van der Waals surface area contributed by atoms with E-state index in [0.29, 0.717) is 16.0 Å². The second-order valence-corrected chi connectivity index (χ2v) is 10.9. The number of nitro benzene ring substituents is 1. The number of anilines is 1. The summed E-state index contributed by atoms with van der Waals surface area (Å²) >= 11 is 0. The smallest absolute Gasteiger partial charge is 0.269 e. The zero-order chi connectivity index (χ0) is 28.5. The molecule has 192 valence electrons. The Bertz CT molecular complexity index is 1670. The van der Waals surface area contributed by atoms with Crippen molar-refractivity contribution in [2.75, 3.05) is 4.90 Å². The van der Waals surface area contributed by atoms with Gasteiger partial charge in [-0.2, -0.15) is 0 Å². The standard InChI is InChI=1S/C24H17B2N5O7S/c1-13(2)39(36,37)17-9-5-15(6-10-17)19-12-27-22(30(23(25)32)24(26)33)21(28-19)20-11-18(29-38-20)14-3-7-16(8-4-14)31(34)35/h3-13H,1-2H3. The number of sulfone groups is 1. The largest absolute Gasteiger partial charge is 0.354 e. The molecule has 0 atom stereocenters. The van der Waals surface area contributed by atoms with Crippen molar-refractivity contribution in [1.29, 1.82) is 0 Å². The maximum atomic E-state index is 12.5. The first-order chi connectivity index (χ1) is 18.4. The molecule has 0 saturated heterocycles. The predicted molar refractivity (Wildman–Crippen MR) is 142 cm³/mol. The summed E-state index contributed by atoms with van der Waals surface area (Å²) in [4.78, 5) is 43.6. The molecule has 2 aromatic heterocycles. The zero-order valence-corrected chi connectivity index (χ0v) is 21.3. The zero-order valence-electron chi connectivity index (χ0n) is 20.5. The van der Waals surface area contributed by atoms with E-state index < -0.39 is 31.6 Å². The molecule has 12 nitrogen and oxygen atoms in total. The van der Waals surface area contributed by atoms with Gasteiger partial charge >= 0.3 is 0 Å². The third-order valence-corrected chi connectivity index (χ3v) is 7.79. The average Bonchev–Trinajstić information content (AvgIpc) is 3.39. The number of benzene rings is 2. The highest BCUT2D eigenvalue weighted by Gasteiger charge is 2.26. The van der Waals surface area contributed by atoms with E-state index in [0.717, 1.165) is 0 Å². The minimum atomic E-state index is -3.50. The number of rotatable bonds is 7. The van der Waals surface area contributed by atoms with Gasteiger partial charge in [0.1, 0.15) is 5.69 Å². The third kappa shape index (κ3) is 5.48. The average molecular weight is 541 g/mol. The van der Waals surface area contributed by atoms with Gasteiger partial charge in [0.15, 0.2) is 38.7 Å². The molecule has 2 heterocycles. The van der Waals surface area contributed by atoms with Gasteiger partial charge in [-0.25, -0.2) is 18.4 Å². The Hall–Kier alpha value is -4.65. The lowest BCUT2D eigenvalue weighted by Crippen LogP contribution is -2.36. The summed E-state index contributed by atoms with van der Waals surface area (Å²) in [7, 11) is 7.18. The van der Waals surface area contributed by atoms with Crippen LogP contribution in [0.15, 0.2) is 70.2 Å². The SMILES string of the molecule is [B]C(=O)N(C([B])=O)c1ncc(-c2ccc(S(=O)(=O)C(C)C)cc2)nc1-c1cc(-c2ccc([N+](=O)[O-])cc2)no1. The number of nitrogens with zero attached hydrogens (tertiary/aromatic N) is 5. The molecule has 4 aromatic rings. The molecule has 15 heteroatoms. The van der Waals surface area contributed by atoms with Crippen molar-refractivity contribution in [2.24, 2.45) is 0 Å². The number of carbonyl (C=O) groups is 2. The topological polar surface area (TPSA) is 166 Å². The number of amides is 2. The van der Waals surface area contributed by atoms with Gasteiger partial charge in [-0.1, -0.05) is 17.3 Å². The van der Waals surface area contributed by atoms with E-state index in [9.17, 15) is 28.1 Å². The van der Waals surface area contributed by atoms with Gasteiger partial charge in [0, 0.05) is 29.3 Å². The van der Waals surface area contributed by atoms with Crippen molar-refractivity contribution in [2.45, 2.75) is 24.0 Å². The second-order valence-electron chi connectivity index (χ2n) is 8.44. The molecule has 0 spiro atoms. The van der Waals surface area contributed by atoms with Crippen molar-refractivity contribution in [3.05, 3.63) is 70.9 Å². The first-order valence-electron chi connectivity index (χ1n) is 11.2. The van der Waals surface area contributed by atoms with Crippen LogP contribution in [0.25, 0.3) is 34.0 Å². The maximum Gasteiger partial charge on any atom is 0.269 e. The number of non-ortho nitro benzene ring substituents is 1. The Kier molecular flexibility index (Phi) is 7.45. The van der Waals surface area contributed by atoms with Crippen LogP contribution in [0, 0.1) is 10.1 Å². The van der Waals surface area contributed by atoms with Crippen molar-refractivity contribution in [1.82, 2.24) is 15.1 Å². The highest BCUT2D eigenvalue weighted by Crippen LogP contribution is 2.33. The number of hydrogen-bond donors (Lipinski definition) is 0. The van der Waals surface area contributed by atoms with E-state index in [1.54, 1.807) is 13.8 Å². The molecular weight excluding hydrogens is 524 g/mol. The van der Waals surface area contributed by atoms with Crippen LogP contribution in [0.1, 0.15) is 13.8 Å². The molecule has 0 saturated carbocycles. The summed E-state index contributed by atoms with van der Waals surface area (Å²) < 4.78 is 30.3. The Morgan fingerprint density at radius 1 is 0.974 bits per heavy atom. The number of nitro groups is 1. The second kappa shape index (κ2) is 10.6. The normalized spacial score (nSPS) is 11.4. The van der Waals surface area contributed by atoms with Crippen LogP contribution in [0.4, 0.5) is 21.1 Å². The van der Waals surface area contributed by atoms with E-state index in [4.69, 9.17) is 20.2 Å². The Labute approximate surface area is 224 Å². The van der Waals surface area contributed by atoms with Crippen molar-refractivity contribution >= 4 is 48.6 Å². The molecule has 2 amide bonds. The summed E-state index contributed by atoms with van der Waals surface area (Å²) in [5, 5.41) is 14.3. The Morgan fingerprint density at radius 2 is 1.54 bits per heavy atom. The molecule has 0 N–H and O–H groups in total. The molecule has 39 heavy (non-hydrogen) atoms. The highest BCUT2D eigenvalue weighted by molar-refractivity contribution is 7.92. The molecule has 4 rings (SSSR count). The summed E-state index contributed by atoms with van der Waals surface area (Å²) in [5.41, 5.74) is 1.22. The molecule has 0 unspecified atom stereocenters. The van der Waals surface area contributed by atoms with Crippen LogP contribution in [0.2, 0.25) is 0 Å². The van der Waals surface area contributed by atoms with Crippen LogP contribution >= 0.6 is 0 Å². The molecule has 0 aliphatic heterocycles. The molecule has 0 aliphatic carbocycles. The minimum absolute atomic E-state index is 0.0285. The minimum Gasteiger partial charge on any atom is -0.354 e. The van der Waals surface area contributed by atoms with E-state index in [1.807, 2.05) is 0 Å². The molecule has 0 bridgehead atoms. The molecule has 0 aliphatic rings. The molecule has 0 fully saturated rings. The first kappa shape index (κ1) is 27.4. The number of hydrogen-bond acceptors (Lipinski definition) is 10. The van der Waals surface area contributed by atoms with Crippen LogP contribution in [-0.2, 0) is 9.84 Å². The third-order valence-electron chi connectivity index (χ3n) is 5.62. The number of imide groups is 1. The highest BCUT2D eigenvalue weighted by atomic mass is 32.2. The Balaban J connectivity index is 1.81. The monoisotopic (exact) mass is 541 g/mol. The van der Waals surface area contributed by atoms with Crippen molar-refractivity contribution in [3.8, 4) is 34.0 Å². The van der Waals surface area contributed by atoms with E-state index in [-0.39, 0.29) is 39.2 Å².